The van der Waals surface area contributed by atoms with Gasteiger partial charge in [0.05, 0.1) is 0 Å². The van der Waals surface area contributed by atoms with E-state index in [-0.39, 0.29) is 6.29 Å². The summed E-state index contributed by atoms with van der Waals surface area (Å²) in [7, 11) is 0. The Labute approximate surface area is 72.4 Å². The van der Waals surface area contributed by atoms with Crippen LogP contribution in [0.2, 0.25) is 0 Å². The summed E-state index contributed by atoms with van der Waals surface area (Å²) in [5.41, 5.74) is 0.377. The van der Waals surface area contributed by atoms with Crippen LogP contribution in [0, 0.1) is 0 Å². The number of carbonyl (C=O) groups is 1. The average molecular weight is 217 g/mol. The van der Waals surface area contributed by atoms with Crippen LogP contribution in [0.25, 0.3) is 0 Å². The first kappa shape index (κ1) is 8.40. The van der Waals surface area contributed by atoms with E-state index in [0.29, 0.717) is 10.0 Å². The van der Waals surface area contributed by atoms with Gasteiger partial charge in [-0.25, -0.2) is 4.39 Å². The molecule has 0 saturated heterocycles. The van der Waals surface area contributed by atoms with Crippen molar-refractivity contribution in [2.24, 2.45) is 0 Å². The third-order valence-electron chi connectivity index (χ3n) is 1.32. The highest BCUT2D eigenvalue weighted by atomic mass is 79.9. The Kier molecular flexibility index (Phi) is 2.76. The highest BCUT2D eigenvalue weighted by Gasteiger charge is 2.09. The van der Waals surface area contributed by atoms with E-state index in [4.69, 9.17) is 0 Å². The molecule has 1 aromatic rings. The van der Waals surface area contributed by atoms with E-state index in [1.165, 1.54) is 0 Å². The molecule has 0 amide bonds. The summed E-state index contributed by atoms with van der Waals surface area (Å²) in [6.07, 6.45) is -1.24. The lowest BCUT2D eigenvalue weighted by atomic mass is 10.1. The molecule has 3 heteroatoms. The van der Waals surface area contributed by atoms with Gasteiger partial charge in [-0.05, 0) is 6.07 Å². The van der Waals surface area contributed by atoms with Crippen molar-refractivity contribution in [2.45, 2.75) is 6.17 Å². The van der Waals surface area contributed by atoms with Gasteiger partial charge in [0.15, 0.2) is 12.5 Å². The molecule has 1 rings (SSSR count). The fourth-order valence-electron chi connectivity index (χ4n) is 0.772. The first-order valence-corrected chi connectivity index (χ1v) is 3.89. The number of hydrogen-bond donors (Lipinski definition) is 0. The molecule has 0 heterocycles. The highest BCUT2D eigenvalue weighted by molar-refractivity contribution is 9.10. The Morgan fingerprint density at radius 1 is 1.45 bits per heavy atom. The molecule has 1 aromatic carbocycles. The lowest BCUT2D eigenvalue weighted by Gasteiger charge is -2.01. The Balaban J connectivity index is 3.02. The van der Waals surface area contributed by atoms with Gasteiger partial charge in [0, 0.05) is 10.0 Å². The quantitative estimate of drug-likeness (QED) is 0.696. The summed E-state index contributed by atoms with van der Waals surface area (Å²) in [6, 6.07) is 6.73. The van der Waals surface area contributed by atoms with Gasteiger partial charge in [-0.3, -0.25) is 4.79 Å². The van der Waals surface area contributed by atoms with Crippen molar-refractivity contribution in [3.63, 3.8) is 0 Å². The predicted octanol–water partition coefficient (Wildman–Crippen LogP) is 2.66. The zero-order valence-corrected chi connectivity index (χ0v) is 7.21. The maximum atomic E-state index is 12.7. The Hall–Kier alpha value is -0.700. The number of carbonyl (C=O) groups excluding carboxylic acids is 1. The molecular formula is C8H6BrFO. The van der Waals surface area contributed by atoms with Crippen molar-refractivity contribution in [3.05, 3.63) is 34.3 Å². The van der Waals surface area contributed by atoms with Crippen LogP contribution in [0.15, 0.2) is 28.7 Å². The minimum atomic E-state index is -1.52. The fraction of sp³-hybridized carbons (Fsp3) is 0.125. The lowest BCUT2D eigenvalue weighted by Crippen LogP contribution is -1.92. The highest BCUT2D eigenvalue weighted by Crippen LogP contribution is 2.23. The summed E-state index contributed by atoms with van der Waals surface area (Å²) < 4.78 is 13.4. The molecule has 0 saturated carbocycles. The molecule has 1 unspecified atom stereocenters. The first-order chi connectivity index (χ1) is 5.25. The number of alkyl halides is 1. The minimum absolute atomic E-state index is 0.278. The molecule has 0 aliphatic rings. The van der Waals surface area contributed by atoms with Gasteiger partial charge in [-0.1, -0.05) is 34.1 Å². The monoisotopic (exact) mass is 216 g/mol. The molecule has 0 bridgehead atoms. The molecule has 0 spiro atoms. The van der Waals surface area contributed by atoms with Gasteiger partial charge in [0.2, 0.25) is 0 Å². The van der Waals surface area contributed by atoms with Crippen molar-refractivity contribution in [2.75, 3.05) is 0 Å². The van der Waals surface area contributed by atoms with Crippen LogP contribution in [-0.2, 0) is 4.79 Å². The van der Waals surface area contributed by atoms with Crippen molar-refractivity contribution >= 4 is 22.2 Å². The molecule has 0 aromatic heterocycles. The molecule has 0 radical (unpaired) electrons. The summed E-state index contributed by atoms with van der Waals surface area (Å²) >= 11 is 3.14. The number of rotatable bonds is 2. The van der Waals surface area contributed by atoms with Crippen LogP contribution >= 0.6 is 15.9 Å². The zero-order valence-electron chi connectivity index (χ0n) is 5.63. The minimum Gasteiger partial charge on any atom is -0.300 e. The van der Waals surface area contributed by atoms with Gasteiger partial charge in [-0.15, -0.1) is 0 Å². The zero-order chi connectivity index (χ0) is 8.27. The maximum Gasteiger partial charge on any atom is 0.181 e. The molecule has 1 atom stereocenters. The van der Waals surface area contributed by atoms with Gasteiger partial charge in [-0.2, -0.15) is 0 Å². The van der Waals surface area contributed by atoms with E-state index in [0.717, 1.165) is 0 Å². The van der Waals surface area contributed by atoms with Gasteiger partial charge in [0.25, 0.3) is 0 Å². The lowest BCUT2D eigenvalue weighted by molar-refractivity contribution is -0.112. The number of benzene rings is 1. The second-order valence-electron chi connectivity index (χ2n) is 2.06. The van der Waals surface area contributed by atoms with Gasteiger partial charge in [0.1, 0.15) is 0 Å². The van der Waals surface area contributed by atoms with Crippen LogP contribution < -0.4 is 0 Å². The normalized spacial score (nSPS) is 12.5. The van der Waals surface area contributed by atoms with E-state index < -0.39 is 6.17 Å². The molecule has 0 N–H and O–H groups in total. The number of halogens is 2. The molecule has 0 aliphatic heterocycles. The van der Waals surface area contributed by atoms with Crippen LogP contribution in [-0.4, -0.2) is 6.29 Å². The van der Waals surface area contributed by atoms with Gasteiger partial charge < -0.3 is 0 Å². The third kappa shape index (κ3) is 1.87. The second-order valence-corrected chi connectivity index (χ2v) is 2.91. The summed E-state index contributed by atoms with van der Waals surface area (Å²) in [4.78, 5) is 10.1. The molecule has 0 aliphatic carbocycles. The Morgan fingerprint density at radius 3 is 2.64 bits per heavy atom. The fourth-order valence-corrected chi connectivity index (χ4v) is 1.28. The number of aldehydes is 1. The van der Waals surface area contributed by atoms with E-state index >= 15 is 0 Å². The van der Waals surface area contributed by atoms with Crippen molar-refractivity contribution in [1.29, 1.82) is 0 Å². The van der Waals surface area contributed by atoms with Crippen molar-refractivity contribution < 1.29 is 9.18 Å². The molecule has 11 heavy (non-hydrogen) atoms. The Morgan fingerprint density at radius 2 is 2.09 bits per heavy atom. The SMILES string of the molecule is O=CC(F)c1ccccc1Br. The molecule has 0 fully saturated rings. The van der Waals surface area contributed by atoms with E-state index in [9.17, 15) is 9.18 Å². The van der Waals surface area contributed by atoms with Crippen LogP contribution in [0.1, 0.15) is 11.7 Å². The standard InChI is InChI=1S/C8H6BrFO/c9-7-4-2-1-3-6(7)8(10)5-11/h1-5,8H. The summed E-state index contributed by atoms with van der Waals surface area (Å²) in [5.74, 6) is 0. The van der Waals surface area contributed by atoms with E-state index in [1.54, 1.807) is 24.3 Å². The van der Waals surface area contributed by atoms with Crippen LogP contribution in [0.5, 0.6) is 0 Å². The maximum absolute atomic E-state index is 12.7. The smallest absolute Gasteiger partial charge is 0.181 e. The van der Waals surface area contributed by atoms with Crippen LogP contribution in [0.3, 0.4) is 0 Å². The largest absolute Gasteiger partial charge is 0.300 e. The van der Waals surface area contributed by atoms with E-state index in [1.807, 2.05) is 0 Å². The van der Waals surface area contributed by atoms with Crippen LogP contribution in [0.4, 0.5) is 4.39 Å². The van der Waals surface area contributed by atoms with Crippen molar-refractivity contribution in [3.8, 4) is 0 Å². The molecular weight excluding hydrogens is 211 g/mol. The number of hydrogen-bond acceptors (Lipinski definition) is 1. The molecule has 58 valence electrons. The van der Waals surface area contributed by atoms with E-state index in [2.05, 4.69) is 15.9 Å². The van der Waals surface area contributed by atoms with Crippen molar-refractivity contribution in [1.82, 2.24) is 0 Å². The Bertz CT molecular complexity index is 262. The topological polar surface area (TPSA) is 17.1 Å². The third-order valence-corrected chi connectivity index (χ3v) is 2.04. The predicted molar refractivity (Wildman–Crippen MR) is 44.1 cm³/mol. The first-order valence-electron chi connectivity index (χ1n) is 3.09. The average Bonchev–Trinajstić information content (AvgIpc) is 2.04. The van der Waals surface area contributed by atoms with Gasteiger partial charge >= 0.3 is 0 Å². The summed E-state index contributed by atoms with van der Waals surface area (Å²) in [5, 5.41) is 0. The molecule has 1 nitrogen and oxygen atoms in total. The summed E-state index contributed by atoms with van der Waals surface area (Å²) in [6.45, 7) is 0. The second kappa shape index (κ2) is 3.62.